The highest BCUT2D eigenvalue weighted by Gasteiger charge is 2.41. The summed E-state index contributed by atoms with van der Waals surface area (Å²) >= 11 is 0. The average Bonchev–Trinajstić information content (AvgIpc) is 3.51. The van der Waals surface area contributed by atoms with E-state index in [1.165, 1.54) is 30.3 Å². The number of benzene rings is 4. The number of carboxylic acid groups (broad SMARTS) is 4. The molecule has 0 fully saturated rings. The minimum atomic E-state index is -2.15. The van der Waals surface area contributed by atoms with E-state index in [2.05, 4.69) is 9.47 Å². The molecule has 0 unspecified atom stereocenters. The molecule has 0 bridgehead atoms. The van der Waals surface area contributed by atoms with E-state index in [4.69, 9.17) is 14.2 Å². The van der Waals surface area contributed by atoms with Crippen molar-refractivity contribution in [2.24, 2.45) is 0 Å². The fourth-order valence-electron chi connectivity index (χ4n) is 5.03. The minimum Gasteiger partial charge on any atom is -0.478 e. The van der Waals surface area contributed by atoms with Crippen LogP contribution in [0.2, 0.25) is 0 Å². The molecule has 6 rings (SSSR count). The van der Waals surface area contributed by atoms with Crippen LogP contribution >= 0.6 is 0 Å². The lowest BCUT2D eigenvalue weighted by atomic mass is 9.97. The van der Waals surface area contributed by atoms with E-state index in [1.54, 1.807) is 0 Å². The topological polar surface area (TPSA) is 264 Å². The SMILES string of the molecule is O=C(O)c1ccccc1Oc1c(Oc2cccc3c2C(=O)OC3=O)c(Oc2cccc3c2C(=O)OC3=O)c(C(=O)O)c(C(=O)O)c1C(=O)O. The van der Waals surface area contributed by atoms with Gasteiger partial charge in [-0.3, -0.25) is 0 Å². The maximum Gasteiger partial charge on any atom is 0.350 e. The Morgan fingerprint density at radius 2 is 0.857 bits per heavy atom. The van der Waals surface area contributed by atoms with Crippen LogP contribution in [0.4, 0.5) is 0 Å². The van der Waals surface area contributed by atoms with E-state index in [-0.39, 0.29) is 11.1 Å². The second-order valence-corrected chi connectivity index (χ2v) is 9.85. The van der Waals surface area contributed by atoms with E-state index in [9.17, 15) is 58.8 Å². The number of esters is 4. The summed E-state index contributed by atoms with van der Waals surface area (Å²) in [5.41, 5.74) is -6.54. The molecule has 0 radical (unpaired) electrons. The Bertz CT molecular complexity index is 2250. The van der Waals surface area contributed by atoms with Crippen molar-refractivity contribution in [3.8, 4) is 34.5 Å². The Hall–Kier alpha value is -7.56. The Morgan fingerprint density at radius 1 is 0.449 bits per heavy atom. The summed E-state index contributed by atoms with van der Waals surface area (Å²) in [6, 6.07) is 11.5. The first-order chi connectivity index (χ1) is 23.3. The number of fused-ring (bicyclic) bond motifs is 2. The summed E-state index contributed by atoms with van der Waals surface area (Å²) in [6.07, 6.45) is 0. The molecule has 0 spiro atoms. The standard InChI is InChI=1S/C32H14O17/c33-25(34)11-5-1-2-8-14(11)45-22-20(27(37)38)19(26(35)36)21(28(39)40)23(46-15-9-3-6-12-17(15)31(43)48-29(12)41)24(22)47-16-10-4-7-13-18(16)32(44)49-30(13)42/h1-10H,(H,33,34)(H,35,36)(H,37,38)(H,39,40). The molecule has 0 aliphatic carbocycles. The smallest absolute Gasteiger partial charge is 0.350 e. The second-order valence-electron chi connectivity index (χ2n) is 9.85. The van der Waals surface area contributed by atoms with E-state index in [0.717, 1.165) is 30.3 Å². The maximum atomic E-state index is 12.8. The largest absolute Gasteiger partial charge is 0.478 e. The van der Waals surface area contributed by atoms with Gasteiger partial charge < -0.3 is 44.1 Å². The van der Waals surface area contributed by atoms with Crippen LogP contribution in [-0.4, -0.2) is 68.2 Å². The van der Waals surface area contributed by atoms with Crippen molar-refractivity contribution >= 4 is 47.8 Å². The van der Waals surface area contributed by atoms with Gasteiger partial charge >= 0.3 is 47.8 Å². The molecular formula is C32H14O17. The molecule has 17 heteroatoms. The van der Waals surface area contributed by atoms with Crippen LogP contribution in [0.15, 0.2) is 60.7 Å². The van der Waals surface area contributed by atoms with Gasteiger partial charge in [-0.25, -0.2) is 38.4 Å². The van der Waals surface area contributed by atoms with Gasteiger partial charge in [0.05, 0.1) is 16.7 Å². The van der Waals surface area contributed by atoms with Gasteiger partial charge in [-0.2, -0.15) is 0 Å². The van der Waals surface area contributed by atoms with Crippen molar-refractivity contribution in [1.29, 1.82) is 0 Å². The number of cyclic esters (lactones) is 4. The Labute approximate surface area is 270 Å². The number of hydrogen-bond acceptors (Lipinski definition) is 13. The van der Waals surface area contributed by atoms with Gasteiger partial charge in [-0.15, -0.1) is 0 Å². The molecule has 2 aliphatic heterocycles. The number of aromatic carboxylic acids is 4. The molecular weight excluding hydrogens is 656 g/mol. The number of para-hydroxylation sites is 1. The van der Waals surface area contributed by atoms with Gasteiger partial charge in [0.25, 0.3) is 0 Å². The summed E-state index contributed by atoms with van der Waals surface area (Å²) < 4.78 is 26.6. The normalized spacial score (nSPS) is 12.8. The van der Waals surface area contributed by atoms with E-state index < -0.39 is 116 Å². The molecule has 4 aromatic carbocycles. The van der Waals surface area contributed by atoms with E-state index in [0.29, 0.717) is 0 Å². The zero-order valence-electron chi connectivity index (χ0n) is 23.9. The highest BCUT2D eigenvalue weighted by Crippen LogP contribution is 2.52. The van der Waals surface area contributed by atoms with Crippen molar-refractivity contribution in [2.75, 3.05) is 0 Å². The minimum absolute atomic E-state index is 0.329. The van der Waals surface area contributed by atoms with Crippen LogP contribution < -0.4 is 14.2 Å². The lowest BCUT2D eigenvalue weighted by molar-refractivity contribution is 0.0424. The molecule has 0 atom stereocenters. The molecule has 2 heterocycles. The molecule has 0 aromatic heterocycles. The van der Waals surface area contributed by atoms with Crippen LogP contribution in [0, 0.1) is 0 Å². The van der Waals surface area contributed by atoms with Crippen LogP contribution in [0.25, 0.3) is 0 Å². The first kappa shape index (κ1) is 31.4. The van der Waals surface area contributed by atoms with Gasteiger partial charge in [0.15, 0.2) is 11.5 Å². The number of carbonyl (C=O) groups is 8. The van der Waals surface area contributed by atoms with Crippen LogP contribution in [0.3, 0.4) is 0 Å². The third-order valence-electron chi connectivity index (χ3n) is 7.03. The van der Waals surface area contributed by atoms with Gasteiger partial charge in [0.1, 0.15) is 45.1 Å². The van der Waals surface area contributed by atoms with Crippen molar-refractivity contribution in [1.82, 2.24) is 0 Å². The molecule has 49 heavy (non-hydrogen) atoms. The molecule has 244 valence electrons. The Balaban J connectivity index is 1.75. The maximum absolute atomic E-state index is 12.8. The first-order valence-corrected chi connectivity index (χ1v) is 13.4. The number of hydrogen-bond donors (Lipinski definition) is 4. The zero-order chi connectivity index (χ0) is 35.3. The van der Waals surface area contributed by atoms with Gasteiger partial charge in [0, 0.05) is 0 Å². The van der Waals surface area contributed by atoms with Gasteiger partial charge in [-0.1, -0.05) is 24.3 Å². The quantitative estimate of drug-likeness (QED) is 0.134. The number of carboxylic acids is 4. The molecule has 0 saturated carbocycles. The monoisotopic (exact) mass is 670 g/mol. The Kier molecular flexibility index (Phi) is 7.48. The highest BCUT2D eigenvalue weighted by atomic mass is 16.6. The lowest BCUT2D eigenvalue weighted by Gasteiger charge is -2.23. The summed E-state index contributed by atoms with van der Waals surface area (Å²) in [6.45, 7) is 0. The third kappa shape index (κ3) is 5.18. The predicted molar refractivity (Wildman–Crippen MR) is 153 cm³/mol. The zero-order valence-corrected chi connectivity index (χ0v) is 23.9. The van der Waals surface area contributed by atoms with Crippen LogP contribution in [0.5, 0.6) is 34.5 Å². The van der Waals surface area contributed by atoms with Crippen LogP contribution in [-0.2, 0) is 9.47 Å². The fourth-order valence-corrected chi connectivity index (χ4v) is 5.03. The molecule has 17 nitrogen and oxygen atoms in total. The van der Waals surface area contributed by atoms with Gasteiger partial charge in [0.2, 0.25) is 5.75 Å². The summed E-state index contributed by atoms with van der Waals surface area (Å²) in [5, 5.41) is 40.5. The Morgan fingerprint density at radius 3 is 1.31 bits per heavy atom. The second kappa shape index (κ2) is 11.7. The van der Waals surface area contributed by atoms with Crippen molar-refractivity contribution in [3.63, 3.8) is 0 Å². The summed E-state index contributed by atoms with van der Waals surface area (Å²) in [7, 11) is 0. The van der Waals surface area contributed by atoms with Gasteiger partial charge in [-0.05, 0) is 36.4 Å². The lowest BCUT2D eigenvalue weighted by Crippen LogP contribution is -2.19. The number of rotatable bonds is 10. The van der Waals surface area contributed by atoms with E-state index >= 15 is 0 Å². The number of ether oxygens (including phenoxy) is 5. The molecule has 0 amide bonds. The average molecular weight is 670 g/mol. The predicted octanol–water partition coefficient (Wildman–Crippen LogP) is 4.48. The summed E-state index contributed by atoms with van der Waals surface area (Å²) in [4.78, 5) is 99.9. The van der Waals surface area contributed by atoms with E-state index in [1.807, 2.05) is 0 Å². The fraction of sp³-hybridized carbons (Fsp3) is 0. The van der Waals surface area contributed by atoms with Crippen LogP contribution in [0.1, 0.15) is 82.9 Å². The molecule has 0 saturated heterocycles. The molecule has 4 N–H and O–H groups in total. The highest BCUT2D eigenvalue weighted by molar-refractivity contribution is 6.18. The number of carbonyl (C=O) groups excluding carboxylic acids is 4. The van der Waals surface area contributed by atoms with Crippen molar-refractivity contribution in [2.45, 2.75) is 0 Å². The third-order valence-corrected chi connectivity index (χ3v) is 7.03. The molecule has 2 aliphatic rings. The molecule has 4 aromatic rings. The summed E-state index contributed by atoms with van der Waals surface area (Å²) in [5.74, 6) is -17.8. The van der Waals surface area contributed by atoms with Crippen molar-refractivity contribution in [3.05, 3.63) is 105 Å². The van der Waals surface area contributed by atoms with Crippen molar-refractivity contribution < 1.29 is 82.5 Å². The first-order valence-electron chi connectivity index (χ1n) is 13.4.